The summed E-state index contributed by atoms with van der Waals surface area (Å²) in [7, 11) is 0. The summed E-state index contributed by atoms with van der Waals surface area (Å²) in [5.74, 6) is 0.0343. The highest BCUT2D eigenvalue weighted by atomic mass is 15.2. The minimum absolute atomic E-state index is 0.0343. The predicted octanol–water partition coefficient (Wildman–Crippen LogP) is 22.5. The molecule has 96 heavy (non-hydrogen) atoms. The van der Waals surface area contributed by atoms with Crippen LogP contribution in [0.5, 0.6) is 0 Å². The predicted molar refractivity (Wildman–Crippen MR) is 409 cm³/mol. The number of benzene rings is 13. The number of hydrogen-bond acceptors (Lipinski definition) is 2. The van der Waals surface area contributed by atoms with Crippen molar-refractivity contribution in [1.29, 1.82) is 0 Å². The molecule has 13 aromatic carbocycles. The molecule has 4 heteroatoms. The Morgan fingerprint density at radius 1 is 0.302 bits per heavy atom. The zero-order valence-corrected chi connectivity index (χ0v) is 56.4. The minimum Gasteiger partial charge on any atom is -0.311 e. The summed E-state index contributed by atoms with van der Waals surface area (Å²) < 4.78 is 2.56. The number of anilines is 6. The molecule has 3 aliphatic rings. The molecule has 1 aliphatic carbocycles. The molecule has 464 valence electrons. The van der Waals surface area contributed by atoms with E-state index in [0.29, 0.717) is 0 Å². The lowest BCUT2D eigenvalue weighted by Gasteiger charge is -2.45. The number of aromatic nitrogens is 1. The molecule has 17 rings (SSSR count). The van der Waals surface area contributed by atoms with Crippen molar-refractivity contribution in [2.24, 2.45) is 0 Å². The molecule has 0 bridgehead atoms. The van der Waals surface area contributed by atoms with E-state index >= 15 is 0 Å². The Hall–Kier alpha value is -10.7. The van der Waals surface area contributed by atoms with Crippen molar-refractivity contribution in [3.8, 4) is 50.2 Å². The molecule has 0 N–H and O–H groups in total. The molecule has 0 atom stereocenters. The van der Waals surface area contributed by atoms with Crippen LogP contribution in [0.1, 0.15) is 113 Å². The second kappa shape index (κ2) is 22.5. The lowest BCUT2D eigenvalue weighted by molar-refractivity contribution is 0.590. The molecular formula is C92H78BN3. The first-order chi connectivity index (χ1) is 46.5. The van der Waals surface area contributed by atoms with Crippen LogP contribution < -0.4 is 26.2 Å². The molecule has 0 radical (unpaired) electrons. The van der Waals surface area contributed by atoms with Crippen LogP contribution in [0.15, 0.2) is 291 Å². The van der Waals surface area contributed by atoms with Crippen LogP contribution in [0.2, 0.25) is 0 Å². The summed E-state index contributed by atoms with van der Waals surface area (Å²) in [6.07, 6.45) is 0.920. The maximum absolute atomic E-state index is 2.67. The summed E-state index contributed by atoms with van der Waals surface area (Å²) in [4.78, 5) is 5.32. The van der Waals surface area contributed by atoms with Crippen molar-refractivity contribution >= 4 is 79.0 Å². The van der Waals surface area contributed by atoms with Gasteiger partial charge in [0.1, 0.15) is 0 Å². The van der Waals surface area contributed by atoms with Gasteiger partial charge in [-0.05, 0) is 219 Å². The second-order valence-electron chi connectivity index (χ2n) is 30.2. The van der Waals surface area contributed by atoms with E-state index in [9.17, 15) is 0 Å². The molecule has 0 amide bonds. The summed E-state index contributed by atoms with van der Waals surface area (Å²) >= 11 is 0. The van der Waals surface area contributed by atoms with Crippen LogP contribution in [-0.2, 0) is 22.7 Å². The van der Waals surface area contributed by atoms with Gasteiger partial charge in [0.2, 0.25) is 0 Å². The molecule has 3 heterocycles. The first kappa shape index (κ1) is 59.1. The van der Waals surface area contributed by atoms with E-state index in [1.165, 1.54) is 133 Å². The standard InChI is InChI=1S/C92H78BN3/c1-90(2,3)70-39-44-82-78(54-70)79-55-71(91(4,5)6)40-45-83(79)94(82)73-41-42-80-85(58-73)96(75-51-68(61-30-18-12-19-31-61)48-69(52-75)62-32-20-13-21-33-62)87-57-72(92(7,8)9)56-86-89(87)93(80)81-53-65(88-76-36-24-22-34-63(76)46-64-35-23-25-37-77(64)88)38-43-84(81)95(86)74-49-66(59-26-14-10-15-27-59)47-67(50-74)60-28-16-11-17-29-60/h10-45,47-58,88H,46H2,1-9H3. The van der Waals surface area contributed by atoms with E-state index in [0.717, 1.165) is 40.3 Å². The fourth-order valence-electron chi connectivity index (χ4n) is 15.9. The molecule has 0 saturated heterocycles. The van der Waals surface area contributed by atoms with Crippen molar-refractivity contribution in [1.82, 2.24) is 4.57 Å². The smallest absolute Gasteiger partial charge is 0.252 e. The van der Waals surface area contributed by atoms with Crippen molar-refractivity contribution in [3.05, 3.63) is 336 Å². The van der Waals surface area contributed by atoms with E-state index < -0.39 is 0 Å². The lowest BCUT2D eigenvalue weighted by atomic mass is 9.33. The van der Waals surface area contributed by atoms with Crippen LogP contribution in [0.4, 0.5) is 34.1 Å². The van der Waals surface area contributed by atoms with Crippen molar-refractivity contribution in [2.75, 3.05) is 9.80 Å². The first-order valence-corrected chi connectivity index (χ1v) is 34.3. The Kier molecular flexibility index (Phi) is 13.8. The molecule has 0 unspecified atom stereocenters. The first-order valence-electron chi connectivity index (χ1n) is 34.3. The largest absolute Gasteiger partial charge is 0.311 e. The van der Waals surface area contributed by atoms with Gasteiger partial charge < -0.3 is 14.4 Å². The minimum atomic E-state index is -0.255. The number of nitrogens with zero attached hydrogens (tertiary/aromatic N) is 3. The average Bonchev–Trinajstić information content (AvgIpc) is 1.26. The summed E-state index contributed by atoms with van der Waals surface area (Å²) in [5.41, 5.74) is 34.1. The zero-order chi connectivity index (χ0) is 65.4. The average molecular weight is 1240 g/mol. The van der Waals surface area contributed by atoms with Gasteiger partial charge >= 0.3 is 0 Å². The topological polar surface area (TPSA) is 11.4 Å². The quantitative estimate of drug-likeness (QED) is 0.141. The van der Waals surface area contributed by atoms with Gasteiger partial charge in [0.25, 0.3) is 6.71 Å². The zero-order valence-electron chi connectivity index (χ0n) is 56.4. The molecular weight excluding hydrogens is 1160 g/mol. The normalized spacial score (nSPS) is 13.5. The molecule has 1 aromatic heterocycles. The molecule has 0 fully saturated rings. The highest BCUT2D eigenvalue weighted by molar-refractivity contribution is 7.00. The van der Waals surface area contributed by atoms with Crippen LogP contribution in [0, 0.1) is 0 Å². The Morgan fingerprint density at radius 2 is 0.719 bits per heavy atom. The van der Waals surface area contributed by atoms with Crippen LogP contribution >= 0.6 is 0 Å². The third kappa shape index (κ3) is 10.0. The fraction of sp³-hybridized carbons (Fsp3) is 0.152. The Balaban J connectivity index is 1.00. The Labute approximate surface area is 566 Å². The molecule has 2 aliphatic heterocycles. The second-order valence-corrected chi connectivity index (χ2v) is 30.2. The van der Waals surface area contributed by atoms with Gasteiger partial charge in [0.05, 0.1) is 11.0 Å². The number of hydrogen-bond donors (Lipinski definition) is 0. The third-order valence-electron chi connectivity index (χ3n) is 20.9. The summed E-state index contributed by atoms with van der Waals surface area (Å²) in [5, 5.41) is 2.55. The summed E-state index contributed by atoms with van der Waals surface area (Å²) in [6.45, 7) is 21.0. The SMILES string of the molecule is CC(C)(C)c1cc2c3c(c1)N(c1cc(-c4ccccc4)cc(-c4ccccc4)c1)c1cc(-n4c5ccc(C(C)(C)C)cc5c5cc(C(C)(C)C)ccc54)ccc1B3c1cc(C3c4ccccc4Cc4ccccc43)ccc1N2c1cc(-c2ccccc2)cc(-c2ccccc2)c1. The van der Waals surface area contributed by atoms with Crippen molar-refractivity contribution in [2.45, 2.75) is 90.9 Å². The van der Waals surface area contributed by atoms with E-state index in [2.05, 4.69) is 368 Å². The number of fused-ring (bicyclic) bond motifs is 9. The maximum atomic E-state index is 2.67. The van der Waals surface area contributed by atoms with Crippen LogP contribution in [0.25, 0.3) is 72.0 Å². The molecule has 3 nitrogen and oxygen atoms in total. The van der Waals surface area contributed by atoms with Gasteiger partial charge in [0, 0.05) is 56.5 Å². The highest BCUT2D eigenvalue weighted by Gasteiger charge is 2.45. The molecule has 14 aromatic rings. The van der Waals surface area contributed by atoms with Gasteiger partial charge in [-0.25, -0.2) is 0 Å². The van der Waals surface area contributed by atoms with E-state index in [1.54, 1.807) is 0 Å². The molecule has 0 saturated carbocycles. The van der Waals surface area contributed by atoms with Gasteiger partial charge in [-0.1, -0.05) is 263 Å². The van der Waals surface area contributed by atoms with Gasteiger partial charge in [-0.2, -0.15) is 0 Å². The van der Waals surface area contributed by atoms with E-state index in [1.807, 2.05) is 0 Å². The van der Waals surface area contributed by atoms with Crippen LogP contribution in [0.3, 0.4) is 0 Å². The molecule has 0 spiro atoms. The third-order valence-corrected chi connectivity index (χ3v) is 20.9. The summed E-state index contributed by atoms with van der Waals surface area (Å²) in [6, 6.07) is 111. The van der Waals surface area contributed by atoms with Gasteiger partial charge in [-0.3, -0.25) is 0 Å². The van der Waals surface area contributed by atoms with Crippen LogP contribution in [-0.4, -0.2) is 11.3 Å². The highest BCUT2D eigenvalue weighted by Crippen LogP contribution is 2.51. The van der Waals surface area contributed by atoms with Crippen molar-refractivity contribution < 1.29 is 0 Å². The Morgan fingerprint density at radius 3 is 1.16 bits per heavy atom. The van der Waals surface area contributed by atoms with Crippen molar-refractivity contribution in [3.63, 3.8) is 0 Å². The van der Waals surface area contributed by atoms with Gasteiger partial charge in [0.15, 0.2) is 0 Å². The monoisotopic (exact) mass is 1240 g/mol. The lowest BCUT2D eigenvalue weighted by Crippen LogP contribution is -2.61. The Bertz CT molecular complexity index is 5160. The van der Waals surface area contributed by atoms with Gasteiger partial charge in [-0.15, -0.1) is 0 Å². The fourth-order valence-corrected chi connectivity index (χ4v) is 15.9. The van der Waals surface area contributed by atoms with E-state index in [-0.39, 0.29) is 28.9 Å². The maximum Gasteiger partial charge on any atom is 0.252 e. The number of rotatable bonds is 8. The van der Waals surface area contributed by atoms with E-state index in [4.69, 9.17) is 0 Å².